The fourth-order valence-corrected chi connectivity index (χ4v) is 1.69. The van der Waals surface area contributed by atoms with Gasteiger partial charge in [0.2, 0.25) is 0 Å². The average molecular weight is 197 g/mol. The Labute approximate surface area is 70.2 Å². The fraction of sp³-hybridized carbons (Fsp3) is 0. The van der Waals surface area contributed by atoms with E-state index in [1.807, 2.05) is 0 Å². The van der Waals surface area contributed by atoms with Crippen molar-refractivity contribution in [2.24, 2.45) is 0 Å². The summed E-state index contributed by atoms with van der Waals surface area (Å²) in [6, 6.07) is 0. The van der Waals surface area contributed by atoms with Crippen LogP contribution in [0.5, 0.6) is 0 Å². The van der Waals surface area contributed by atoms with Gasteiger partial charge in [-0.15, -0.1) is 0 Å². The third-order valence-electron chi connectivity index (χ3n) is 0.753. The topological polar surface area (TPSA) is 53.0 Å². The molecule has 0 aliphatic carbocycles. The Hall–Kier alpha value is -0.320. The number of carbonyl (C=O) groups is 1. The third-order valence-corrected chi connectivity index (χ3v) is 2.11. The quantitative estimate of drug-likeness (QED) is 0.669. The van der Waals surface area contributed by atoms with Gasteiger partial charge in [-0.25, -0.2) is 4.98 Å². The van der Waals surface area contributed by atoms with Gasteiger partial charge in [0, 0.05) is 0 Å². The van der Waals surface area contributed by atoms with Crippen molar-refractivity contribution in [3.63, 3.8) is 0 Å². The first-order valence-electron chi connectivity index (χ1n) is 2.14. The molecule has 0 spiro atoms. The summed E-state index contributed by atoms with van der Waals surface area (Å²) >= 11 is 11.6. The molecule has 54 valence electrons. The van der Waals surface area contributed by atoms with Crippen molar-refractivity contribution in [3.05, 3.63) is 14.5 Å². The molecule has 1 rings (SSSR count). The number of rotatable bonds is 1. The van der Waals surface area contributed by atoms with E-state index in [4.69, 9.17) is 23.2 Å². The number of carbonyl (C=O) groups excluding carboxylic acids is 1. The van der Waals surface area contributed by atoms with Crippen LogP contribution in [0.2, 0.25) is 8.80 Å². The number of hydrogen-bond acceptors (Lipinski definition) is 4. The zero-order chi connectivity index (χ0) is 7.72. The lowest BCUT2D eigenvalue weighted by atomic mass is 10.5. The second kappa shape index (κ2) is 2.74. The van der Waals surface area contributed by atoms with Gasteiger partial charge in [0.25, 0.3) is 0 Å². The zero-order valence-electron chi connectivity index (χ0n) is 4.43. The van der Waals surface area contributed by atoms with E-state index in [1.54, 1.807) is 0 Å². The molecule has 0 fully saturated rings. The molecule has 0 N–H and O–H groups in total. The standard InChI is InChI=1S/C4HCl2NO2S/c5-2-1(3(8)9)7-4(6)10-2/h(H,8,9)/p-1. The molecule has 0 saturated carbocycles. The predicted octanol–water partition coefficient (Wildman–Crippen LogP) is 0.813. The van der Waals surface area contributed by atoms with Crippen LogP contribution in [0.1, 0.15) is 10.5 Å². The van der Waals surface area contributed by atoms with Gasteiger partial charge in [0.1, 0.15) is 10.0 Å². The minimum Gasteiger partial charge on any atom is -0.543 e. The van der Waals surface area contributed by atoms with E-state index in [1.165, 1.54) is 0 Å². The summed E-state index contributed by atoms with van der Waals surface area (Å²) in [7, 11) is 0. The Morgan fingerprint density at radius 1 is 1.60 bits per heavy atom. The van der Waals surface area contributed by atoms with Crippen molar-refractivity contribution in [2.45, 2.75) is 0 Å². The first kappa shape index (κ1) is 7.78. The lowest BCUT2D eigenvalue weighted by Crippen LogP contribution is -2.22. The molecule has 1 aromatic rings. The number of halogens is 2. The molecule has 0 unspecified atom stereocenters. The van der Waals surface area contributed by atoms with E-state index >= 15 is 0 Å². The van der Waals surface area contributed by atoms with Gasteiger partial charge in [-0.3, -0.25) is 0 Å². The van der Waals surface area contributed by atoms with Gasteiger partial charge in [-0.2, -0.15) is 0 Å². The molecule has 0 aliphatic heterocycles. The van der Waals surface area contributed by atoms with Crippen molar-refractivity contribution < 1.29 is 9.90 Å². The first-order chi connectivity index (χ1) is 4.61. The van der Waals surface area contributed by atoms with Crippen molar-refractivity contribution in [2.75, 3.05) is 0 Å². The highest BCUT2D eigenvalue weighted by atomic mass is 35.5. The molecule has 6 heteroatoms. The summed E-state index contributed by atoms with van der Waals surface area (Å²) in [6.07, 6.45) is 0. The van der Waals surface area contributed by atoms with E-state index in [-0.39, 0.29) is 14.5 Å². The van der Waals surface area contributed by atoms with Crippen molar-refractivity contribution in [1.29, 1.82) is 0 Å². The molecular weight excluding hydrogens is 197 g/mol. The van der Waals surface area contributed by atoms with Crippen molar-refractivity contribution in [1.82, 2.24) is 4.98 Å². The number of aromatic carboxylic acids is 1. The molecular formula is C4Cl2NO2S-. The first-order valence-corrected chi connectivity index (χ1v) is 3.71. The molecule has 3 nitrogen and oxygen atoms in total. The summed E-state index contributed by atoms with van der Waals surface area (Å²) in [5.41, 5.74) is -0.295. The van der Waals surface area contributed by atoms with E-state index in [2.05, 4.69) is 4.98 Å². The molecule has 0 amide bonds. The Balaban J connectivity index is 3.15. The fourth-order valence-electron chi connectivity index (χ4n) is 0.403. The summed E-state index contributed by atoms with van der Waals surface area (Å²) < 4.78 is 0.147. The maximum atomic E-state index is 10.1. The summed E-state index contributed by atoms with van der Waals surface area (Å²) in [5, 5.41) is 10.1. The third kappa shape index (κ3) is 1.39. The number of hydrogen-bond donors (Lipinski definition) is 0. The van der Waals surface area contributed by atoms with Crippen LogP contribution in [-0.2, 0) is 0 Å². The van der Waals surface area contributed by atoms with Gasteiger partial charge in [0.05, 0.1) is 5.97 Å². The van der Waals surface area contributed by atoms with E-state index in [9.17, 15) is 9.90 Å². The van der Waals surface area contributed by atoms with Crippen LogP contribution in [0.15, 0.2) is 0 Å². The number of aromatic nitrogens is 1. The SMILES string of the molecule is O=C([O-])c1nc(Cl)sc1Cl. The number of carboxylic acids is 1. The molecule has 0 aromatic carbocycles. The maximum absolute atomic E-state index is 10.1. The molecule has 0 bridgehead atoms. The Kier molecular flexibility index (Phi) is 2.13. The van der Waals surface area contributed by atoms with Crippen LogP contribution in [-0.4, -0.2) is 11.0 Å². The van der Waals surface area contributed by atoms with Crippen LogP contribution in [0, 0.1) is 0 Å². The smallest absolute Gasteiger partial charge is 0.185 e. The lowest BCUT2D eigenvalue weighted by Gasteiger charge is -1.93. The van der Waals surface area contributed by atoms with E-state index in [0.29, 0.717) is 0 Å². The summed E-state index contributed by atoms with van der Waals surface area (Å²) in [4.78, 5) is 13.5. The van der Waals surface area contributed by atoms with Crippen LogP contribution >= 0.6 is 34.5 Å². The van der Waals surface area contributed by atoms with Crippen LogP contribution < -0.4 is 5.11 Å². The Morgan fingerprint density at radius 2 is 2.20 bits per heavy atom. The largest absolute Gasteiger partial charge is 0.543 e. The lowest BCUT2D eigenvalue weighted by molar-refractivity contribution is -0.255. The van der Waals surface area contributed by atoms with Crippen LogP contribution in [0.25, 0.3) is 0 Å². The second-order valence-electron chi connectivity index (χ2n) is 1.38. The maximum Gasteiger partial charge on any atom is 0.185 e. The van der Waals surface area contributed by atoms with Crippen molar-refractivity contribution in [3.8, 4) is 0 Å². The molecule has 1 aromatic heterocycles. The average Bonchev–Trinajstić information content (AvgIpc) is 2.10. The van der Waals surface area contributed by atoms with Crippen molar-refractivity contribution >= 4 is 40.5 Å². The second-order valence-corrected chi connectivity index (χ2v) is 3.56. The Morgan fingerprint density at radius 3 is 2.40 bits per heavy atom. The van der Waals surface area contributed by atoms with Crippen LogP contribution in [0.3, 0.4) is 0 Å². The minimum absolute atomic E-state index is 0.0463. The summed E-state index contributed by atoms with van der Waals surface area (Å²) in [5.74, 6) is -1.41. The van der Waals surface area contributed by atoms with Gasteiger partial charge < -0.3 is 9.90 Å². The molecule has 0 radical (unpaired) electrons. The molecule has 10 heavy (non-hydrogen) atoms. The van der Waals surface area contributed by atoms with E-state index < -0.39 is 5.97 Å². The number of thiazole rings is 1. The van der Waals surface area contributed by atoms with Crippen LogP contribution in [0.4, 0.5) is 0 Å². The molecule has 0 atom stereocenters. The predicted molar refractivity (Wildman–Crippen MR) is 36.5 cm³/mol. The summed E-state index contributed by atoms with van der Waals surface area (Å²) in [6.45, 7) is 0. The highest BCUT2D eigenvalue weighted by Gasteiger charge is 2.07. The highest BCUT2D eigenvalue weighted by Crippen LogP contribution is 2.26. The normalized spacial score (nSPS) is 9.80. The van der Waals surface area contributed by atoms with Gasteiger partial charge in [-0.05, 0) is 0 Å². The zero-order valence-corrected chi connectivity index (χ0v) is 6.76. The van der Waals surface area contributed by atoms with E-state index in [0.717, 1.165) is 11.3 Å². The number of nitrogens with zero attached hydrogens (tertiary/aromatic N) is 1. The minimum atomic E-state index is -1.41. The number of carboxylic acid groups (broad SMARTS) is 1. The van der Waals surface area contributed by atoms with Gasteiger partial charge in [0.15, 0.2) is 4.47 Å². The Bertz CT molecular complexity index is 272. The molecule has 0 saturated heterocycles. The highest BCUT2D eigenvalue weighted by molar-refractivity contribution is 7.19. The van der Waals surface area contributed by atoms with Gasteiger partial charge >= 0.3 is 0 Å². The molecule has 0 aliphatic rings. The monoisotopic (exact) mass is 196 g/mol. The molecule has 1 heterocycles. The van der Waals surface area contributed by atoms with Gasteiger partial charge in [-0.1, -0.05) is 34.5 Å².